The second-order valence-corrected chi connectivity index (χ2v) is 7.82. The standard InChI is InChI=1S/C14H25N3O2S/c1-12(2)10-15-11-13-6-5-7-16-14(13)17(3)8-9-20(4,18)19/h5-7,12,15H,8-11H2,1-4H3. The van der Waals surface area contributed by atoms with Crippen molar-refractivity contribution < 1.29 is 8.42 Å². The van der Waals surface area contributed by atoms with Crippen molar-refractivity contribution in [1.82, 2.24) is 10.3 Å². The zero-order valence-electron chi connectivity index (χ0n) is 12.8. The van der Waals surface area contributed by atoms with Crippen LogP contribution in [-0.2, 0) is 16.4 Å². The lowest BCUT2D eigenvalue weighted by Crippen LogP contribution is -2.28. The smallest absolute Gasteiger partial charge is 0.149 e. The first kappa shape index (κ1) is 16.9. The van der Waals surface area contributed by atoms with Crippen LogP contribution in [0, 0.1) is 5.92 Å². The van der Waals surface area contributed by atoms with E-state index in [1.807, 2.05) is 24.1 Å². The van der Waals surface area contributed by atoms with Gasteiger partial charge in [-0.05, 0) is 18.5 Å². The maximum atomic E-state index is 11.2. The van der Waals surface area contributed by atoms with Crippen molar-refractivity contribution in [2.24, 2.45) is 5.92 Å². The summed E-state index contributed by atoms with van der Waals surface area (Å²) in [5, 5.41) is 3.38. The molecule has 0 atom stereocenters. The minimum absolute atomic E-state index is 0.138. The number of pyridine rings is 1. The number of anilines is 1. The summed E-state index contributed by atoms with van der Waals surface area (Å²) < 4.78 is 22.5. The molecule has 0 radical (unpaired) electrons. The Hall–Kier alpha value is -1.14. The van der Waals surface area contributed by atoms with Crippen LogP contribution < -0.4 is 10.2 Å². The van der Waals surface area contributed by atoms with Crippen LogP contribution in [0.5, 0.6) is 0 Å². The van der Waals surface area contributed by atoms with E-state index in [1.54, 1.807) is 6.20 Å². The van der Waals surface area contributed by atoms with E-state index in [9.17, 15) is 8.42 Å². The lowest BCUT2D eigenvalue weighted by molar-refractivity contribution is 0.551. The molecule has 0 saturated carbocycles. The van der Waals surface area contributed by atoms with Gasteiger partial charge in [0.25, 0.3) is 0 Å². The highest BCUT2D eigenvalue weighted by Gasteiger charge is 2.11. The largest absolute Gasteiger partial charge is 0.358 e. The molecule has 0 unspecified atom stereocenters. The average molecular weight is 299 g/mol. The van der Waals surface area contributed by atoms with Crippen molar-refractivity contribution in [2.75, 3.05) is 37.0 Å². The topological polar surface area (TPSA) is 62.3 Å². The van der Waals surface area contributed by atoms with Crippen LogP contribution in [0.25, 0.3) is 0 Å². The first-order valence-corrected chi connectivity index (χ1v) is 8.89. The highest BCUT2D eigenvalue weighted by molar-refractivity contribution is 7.90. The number of nitrogens with one attached hydrogen (secondary N) is 1. The summed E-state index contributed by atoms with van der Waals surface area (Å²) in [5.41, 5.74) is 1.09. The Morgan fingerprint density at radius 1 is 1.40 bits per heavy atom. The van der Waals surface area contributed by atoms with Gasteiger partial charge in [0.15, 0.2) is 0 Å². The van der Waals surface area contributed by atoms with E-state index in [-0.39, 0.29) is 5.75 Å². The van der Waals surface area contributed by atoms with E-state index >= 15 is 0 Å². The molecule has 0 aromatic carbocycles. The predicted octanol–water partition coefficient (Wildman–Crippen LogP) is 1.31. The zero-order chi connectivity index (χ0) is 15.2. The van der Waals surface area contributed by atoms with E-state index in [4.69, 9.17) is 0 Å². The molecule has 0 fully saturated rings. The third kappa shape index (κ3) is 6.34. The molecule has 6 heteroatoms. The maximum absolute atomic E-state index is 11.2. The number of nitrogens with zero attached hydrogens (tertiary/aromatic N) is 2. The summed E-state index contributed by atoms with van der Waals surface area (Å²) in [6.45, 7) is 6.46. The Morgan fingerprint density at radius 2 is 2.10 bits per heavy atom. The Bertz CT molecular complexity index is 515. The predicted molar refractivity (Wildman–Crippen MR) is 83.8 cm³/mol. The van der Waals surface area contributed by atoms with Crippen molar-refractivity contribution in [1.29, 1.82) is 0 Å². The van der Waals surface area contributed by atoms with E-state index in [1.165, 1.54) is 6.26 Å². The van der Waals surface area contributed by atoms with Crippen molar-refractivity contribution >= 4 is 15.7 Å². The van der Waals surface area contributed by atoms with E-state index < -0.39 is 9.84 Å². The number of rotatable bonds is 8. The van der Waals surface area contributed by atoms with Crippen LogP contribution >= 0.6 is 0 Å². The minimum Gasteiger partial charge on any atom is -0.358 e. The summed E-state index contributed by atoms with van der Waals surface area (Å²) >= 11 is 0. The van der Waals surface area contributed by atoms with Gasteiger partial charge in [-0.25, -0.2) is 13.4 Å². The monoisotopic (exact) mass is 299 g/mol. The summed E-state index contributed by atoms with van der Waals surface area (Å²) in [6.07, 6.45) is 2.99. The summed E-state index contributed by atoms with van der Waals surface area (Å²) in [7, 11) is -1.08. The second kappa shape index (κ2) is 7.59. The number of hydrogen-bond donors (Lipinski definition) is 1. The van der Waals surface area contributed by atoms with Crippen LogP contribution in [0.4, 0.5) is 5.82 Å². The molecular formula is C14H25N3O2S. The van der Waals surface area contributed by atoms with Crippen LogP contribution in [-0.4, -0.2) is 45.5 Å². The van der Waals surface area contributed by atoms with Gasteiger partial charge in [-0.3, -0.25) is 0 Å². The number of hydrogen-bond acceptors (Lipinski definition) is 5. The van der Waals surface area contributed by atoms with Gasteiger partial charge in [-0.2, -0.15) is 0 Å². The molecule has 0 amide bonds. The highest BCUT2D eigenvalue weighted by atomic mass is 32.2. The van der Waals surface area contributed by atoms with Crippen LogP contribution in [0.3, 0.4) is 0 Å². The molecule has 114 valence electrons. The molecule has 0 bridgehead atoms. The lowest BCUT2D eigenvalue weighted by atomic mass is 10.2. The molecule has 1 heterocycles. The highest BCUT2D eigenvalue weighted by Crippen LogP contribution is 2.15. The SMILES string of the molecule is CC(C)CNCc1cccnc1N(C)CCS(C)(=O)=O. The molecule has 0 saturated heterocycles. The Morgan fingerprint density at radius 3 is 2.70 bits per heavy atom. The molecule has 0 aliphatic heterocycles. The lowest BCUT2D eigenvalue weighted by Gasteiger charge is -2.21. The van der Waals surface area contributed by atoms with Crippen molar-refractivity contribution in [3.63, 3.8) is 0 Å². The maximum Gasteiger partial charge on any atom is 0.149 e. The average Bonchev–Trinajstić information content (AvgIpc) is 2.35. The van der Waals surface area contributed by atoms with Crippen molar-refractivity contribution in [2.45, 2.75) is 20.4 Å². The van der Waals surface area contributed by atoms with Gasteiger partial charge in [0, 0.05) is 38.2 Å². The fraction of sp³-hybridized carbons (Fsp3) is 0.643. The van der Waals surface area contributed by atoms with Gasteiger partial charge in [-0.1, -0.05) is 19.9 Å². The van der Waals surface area contributed by atoms with Gasteiger partial charge in [0.05, 0.1) is 5.75 Å². The minimum atomic E-state index is -2.95. The molecule has 5 nitrogen and oxygen atoms in total. The molecule has 20 heavy (non-hydrogen) atoms. The van der Waals surface area contributed by atoms with E-state index in [0.29, 0.717) is 12.5 Å². The van der Waals surface area contributed by atoms with E-state index in [2.05, 4.69) is 24.1 Å². The molecular weight excluding hydrogens is 274 g/mol. The molecule has 1 aromatic rings. The number of aromatic nitrogens is 1. The molecule has 1 rings (SSSR count). The Balaban J connectivity index is 2.68. The third-order valence-electron chi connectivity index (χ3n) is 2.89. The summed E-state index contributed by atoms with van der Waals surface area (Å²) in [5.74, 6) is 1.57. The summed E-state index contributed by atoms with van der Waals surface area (Å²) in [4.78, 5) is 6.26. The molecule has 0 aliphatic carbocycles. The zero-order valence-corrected chi connectivity index (χ0v) is 13.6. The first-order chi connectivity index (χ1) is 9.29. The summed E-state index contributed by atoms with van der Waals surface area (Å²) in [6, 6.07) is 3.92. The molecule has 0 aliphatic rings. The fourth-order valence-electron chi connectivity index (χ4n) is 1.82. The van der Waals surface area contributed by atoms with Gasteiger partial charge in [0.2, 0.25) is 0 Å². The van der Waals surface area contributed by atoms with Crippen LogP contribution in [0.1, 0.15) is 19.4 Å². The van der Waals surface area contributed by atoms with Gasteiger partial charge >= 0.3 is 0 Å². The Labute approximate surface area is 122 Å². The van der Waals surface area contributed by atoms with E-state index in [0.717, 1.165) is 24.5 Å². The van der Waals surface area contributed by atoms with Crippen LogP contribution in [0.15, 0.2) is 18.3 Å². The third-order valence-corrected chi connectivity index (χ3v) is 3.82. The fourth-order valence-corrected chi connectivity index (χ4v) is 2.42. The quantitative estimate of drug-likeness (QED) is 0.784. The molecule has 1 N–H and O–H groups in total. The van der Waals surface area contributed by atoms with Crippen molar-refractivity contribution in [3.05, 3.63) is 23.9 Å². The van der Waals surface area contributed by atoms with Gasteiger partial charge in [-0.15, -0.1) is 0 Å². The second-order valence-electron chi connectivity index (χ2n) is 5.56. The van der Waals surface area contributed by atoms with Crippen molar-refractivity contribution in [3.8, 4) is 0 Å². The molecule has 1 aromatic heterocycles. The number of sulfone groups is 1. The van der Waals surface area contributed by atoms with Gasteiger partial charge < -0.3 is 10.2 Å². The molecule has 0 spiro atoms. The Kier molecular flexibility index (Phi) is 6.42. The first-order valence-electron chi connectivity index (χ1n) is 6.83. The van der Waals surface area contributed by atoms with Crippen LogP contribution in [0.2, 0.25) is 0 Å². The normalized spacial score (nSPS) is 11.8. The van der Waals surface area contributed by atoms with Gasteiger partial charge in [0.1, 0.15) is 15.7 Å².